The van der Waals surface area contributed by atoms with Crippen LogP contribution in [0.15, 0.2) is 5.10 Å². The maximum Gasteiger partial charge on any atom is 0.0704 e. The number of ether oxygens (including phenoxy) is 1. The van der Waals surface area contributed by atoms with E-state index in [2.05, 4.69) is 59.6 Å². The van der Waals surface area contributed by atoms with Crippen molar-refractivity contribution in [2.24, 2.45) is 11.0 Å². The largest absolute Gasteiger partial charge is 0.382 e. The van der Waals surface area contributed by atoms with Crippen molar-refractivity contribution in [2.75, 3.05) is 20.3 Å². The van der Waals surface area contributed by atoms with Gasteiger partial charge in [0, 0.05) is 19.4 Å². The molecule has 1 aliphatic rings. The molecule has 1 fully saturated rings. The number of rotatable bonds is 7. The molecular formula is C19H40N2OSi. The molecule has 0 saturated carbocycles. The quantitative estimate of drug-likeness (QED) is 0.458. The van der Waals surface area contributed by atoms with Crippen LogP contribution in [0.3, 0.4) is 0 Å². The van der Waals surface area contributed by atoms with Gasteiger partial charge < -0.3 is 4.74 Å². The Hall–Kier alpha value is -0.353. The van der Waals surface area contributed by atoms with Crippen LogP contribution in [-0.2, 0) is 4.74 Å². The highest BCUT2D eigenvalue weighted by Crippen LogP contribution is 2.44. The summed E-state index contributed by atoms with van der Waals surface area (Å²) in [6.45, 7) is 21.2. The summed E-state index contributed by atoms with van der Waals surface area (Å²) in [5.41, 5.74) is 2.03. The SMILES string of the molecule is COC[C@@H]1CCCN1/N=C(/CC(C)C)[C@H](C)[Si](C)(C)C(C)(C)C. The molecule has 0 aromatic rings. The van der Waals surface area contributed by atoms with Gasteiger partial charge in [-0.2, -0.15) is 5.10 Å². The molecule has 1 heterocycles. The third-order valence-corrected chi connectivity index (χ3v) is 12.5. The van der Waals surface area contributed by atoms with Crippen molar-refractivity contribution in [3.05, 3.63) is 0 Å². The standard InChI is InChI=1S/C19H40N2OSi/c1-15(2)13-18(16(3)23(8,9)19(4,5)6)20-21-12-10-11-17(21)14-22-7/h15-17H,10-14H2,1-9H3/b20-18-/t16-,17-/m0/s1. The Bertz CT molecular complexity index is 399. The predicted molar refractivity (Wildman–Crippen MR) is 105 cm³/mol. The maximum atomic E-state index is 5.40. The first-order valence-electron chi connectivity index (χ1n) is 9.33. The van der Waals surface area contributed by atoms with Gasteiger partial charge in [0.05, 0.1) is 20.7 Å². The highest BCUT2D eigenvalue weighted by Gasteiger charge is 2.42. The lowest BCUT2D eigenvalue weighted by molar-refractivity contribution is 0.117. The van der Waals surface area contributed by atoms with Crippen LogP contribution in [0.4, 0.5) is 0 Å². The predicted octanol–water partition coefficient (Wildman–Crippen LogP) is 5.40. The summed E-state index contributed by atoms with van der Waals surface area (Å²) in [5, 5.41) is 7.91. The van der Waals surface area contributed by atoms with Crippen molar-refractivity contribution in [3.8, 4) is 0 Å². The average Bonchev–Trinajstić information content (AvgIpc) is 2.83. The third kappa shape index (κ3) is 5.32. The summed E-state index contributed by atoms with van der Waals surface area (Å²) in [5.74, 6) is 0.657. The normalized spacial score (nSPS) is 22.1. The molecule has 4 heteroatoms. The van der Waals surface area contributed by atoms with Gasteiger partial charge in [-0.1, -0.05) is 54.6 Å². The van der Waals surface area contributed by atoms with E-state index < -0.39 is 8.07 Å². The molecule has 2 atom stereocenters. The Labute approximate surface area is 145 Å². The van der Waals surface area contributed by atoms with E-state index in [-0.39, 0.29) is 0 Å². The highest BCUT2D eigenvalue weighted by atomic mass is 28.3. The zero-order valence-electron chi connectivity index (χ0n) is 17.1. The van der Waals surface area contributed by atoms with Crippen LogP contribution in [-0.4, -0.2) is 45.1 Å². The second-order valence-electron chi connectivity index (χ2n) is 9.30. The van der Waals surface area contributed by atoms with Crippen molar-refractivity contribution in [1.82, 2.24) is 5.01 Å². The summed E-state index contributed by atoms with van der Waals surface area (Å²) in [7, 11) is 0.360. The minimum absolute atomic E-state index is 0.390. The van der Waals surface area contributed by atoms with E-state index in [1.165, 1.54) is 18.6 Å². The Morgan fingerprint density at radius 3 is 2.35 bits per heavy atom. The highest BCUT2D eigenvalue weighted by molar-refractivity contribution is 6.84. The maximum absolute atomic E-state index is 5.40. The van der Waals surface area contributed by atoms with Crippen molar-refractivity contribution < 1.29 is 4.74 Å². The summed E-state index contributed by atoms with van der Waals surface area (Å²) in [6.07, 6.45) is 3.56. The lowest BCUT2D eigenvalue weighted by atomic mass is 10.0. The summed E-state index contributed by atoms with van der Waals surface area (Å²) >= 11 is 0. The molecule has 23 heavy (non-hydrogen) atoms. The number of hydrazone groups is 1. The molecule has 0 unspecified atom stereocenters. The fraction of sp³-hybridized carbons (Fsp3) is 0.947. The molecule has 1 rings (SSSR count). The molecule has 0 aliphatic carbocycles. The van der Waals surface area contributed by atoms with Gasteiger partial charge in [0.2, 0.25) is 0 Å². The van der Waals surface area contributed by atoms with E-state index in [1.54, 1.807) is 7.11 Å². The number of hydrogen-bond donors (Lipinski definition) is 0. The van der Waals surface area contributed by atoms with Crippen LogP contribution in [0.2, 0.25) is 23.7 Å². The van der Waals surface area contributed by atoms with E-state index >= 15 is 0 Å². The molecule has 0 radical (unpaired) electrons. The monoisotopic (exact) mass is 340 g/mol. The summed E-state index contributed by atoms with van der Waals surface area (Å²) < 4.78 is 5.40. The molecule has 136 valence electrons. The third-order valence-electron chi connectivity index (χ3n) is 6.09. The molecule has 3 nitrogen and oxygen atoms in total. The fourth-order valence-electron chi connectivity index (χ4n) is 3.27. The van der Waals surface area contributed by atoms with Gasteiger partial charge in [0.1, 0.15) is 0 Å². The van der Waals surface area contributed by atoms with Gasteiger partial charge in [0.25, 0.3) is 0 Å². The van der Waals surface area contributed by atoms with E-state index in [4.69, 9.17) is 9.84 Å². The first-order chi connectivity index (χ1) is 10.5. The Morgan fingerprint density at radius 1 is 1.26 bits per heavy atom. The molecule has 0 amide bonds. The topological polar surface area (TPSA) is 24.8 Å². The molecule has 0 aromatic carbocycles. The zero-order chi connectivity index (χ0) is 17.8. The van der Waals surface area contributed by atoms with Crippen LogP contribution in [0.25, 0.3) is 0 Å². The average molecular weight is 341 g/mol. The van der Waals surface area contributed by atoms with Crippen molar-refractivity contribution in [1.29, 1.82) is 0 Å². The van der Waals surface area contributed by atoms with Gasteiger partial charge in [-0.05, 0) is 35.8 Å². The lowest BCUT2D eigenvalue weighted by Gasteiger charge is -2.43. The first kappa shape index (κ1) is 20.7. The van der Waals surface area contributed by atoms with Crippen LogP contribution in [0.1, 0.15) is 60.8 Å². The van der Waals surface area contributed by atoms with Crippen LogP contribution >= 0.6 is 0 Å². The van der Waals surface area contributed by atoms with Gasteiger partial charge in [-0.15, -0.1) is 0 Å². The second-order valence-corrected chi connectivity index (χ2v) is 15.1. The van der Waals surface area contributed by atoms with Crippen LogP contribution < -0.4 is 0 Å². The summed E-state index contributed by atoms with van der Waals surface area (Å²) in [6, 6.07) is 0.466. The zero-order valence-corrected chi connectivity index (χ0v) is 18.1. The molecule has 1 aliphatic heterocycles. The molecule has 0 spiro atoms. The smallest absolute Gasteiger partial charge is 0.0704 e. The minimum Gasteiger partial charge on any atom is -0.382 e. The van der Waals surface area contributed by atoms with E-state index in [1.807, 2.05) is 0 Å². The lowest BCUT2D eigenvalue weighted by Crippen LogP contribution is -2.45. The minimum atomic E-state index is -1.44. The molecule has 0 aromatic heterocycles. The Kier molecular flexibility index (Phi) is 7.33. The van der Waals surface area contributed by atoms with Crippen molar-refractivity contribution >= 4 is 13.8 Å². The van der Waals surface area contributed by atoms with E-state index in [9.17, 15) is 0 Å². The van der Waals surface area contributed by atoms with Gasteiger partial charge in [0.15, 0.2) is 0 Å². The fourth-order valence-corrected chi connectivity index (χ4v) is 5.58. The second kappa shape index (κ2) is 8.15. The number of nitrogens with zero attached hydrogens (tertiary/aromatic N) is 2. The Morgan fingerprint density at radius 2 is 1.87 bits per heavy atom. The number of hydrogen-bond acceptors (Lipinski definition) is 3. The molecule has 1 saturated heterocycles. The van der Waals surface area contributed by atoms with Crippen LogP contribution in [0, 0.1) is 5.92 Å². The number of methoxy groups -OCH3 is 1. The van der Waals surface area contributed by atoms with Crippen molar-refractivity contribution in [3.63, 3.8) is 0 Å². The molecular weight excluding hydrogens is 300 g/mol. The Balaban J connectivity index is 3.06. The van der Waals surface area contributed by atoms with Gasteiger partial charge >= 0.3 is 0 Å². The molecule has 0 bridgehead atoms. The first-order valence-corrected chi connectivity index (χ1v) is 12.4. The van der Waals surface area contributed by atoms with E-state index in [0.717, 1.165) is 19.6 Å². The van der Waals surface area contributed by atoms with Crippen molar-refractivity contribution in [2.45, 2.75) is 90.5 Å². The molecule has 0 N–H and O–H groups in total. The van der Waals surface area contributed by atoms with Gasteiger partial charge in [-0.3, -0.25) is 5.01 Å². The van der Waals surface area contributed by atoms with E-state index in [0.29, 0.717) is 22.5 Å². The van der Waals surface area contributed by atoms with Gasteiger partial charge in [-0.25, -0.2) is 0 Å². The van der Waals surface area contributed by atoms with Crippen LogP contribution in [0.5, 0.6) is 0 Å². The summed E-state index contributed by atoms with van der Waals surface area (Å²) in [4.78, 5) is 0.